The average Bonchev–Trinajstić information content (AvgIpc) is 2.76. The lowest BCUT2D eigenvalue weighted by Gasteiger charge is -2.27. The summed E-state index contributed by atoms with van der Waals surface area (Å²) in [5.74, 6) is 0. The Morgan fingerprint density at radius 2 is 2.26 bits per heavy atom. The van der Waals surface area contributed by atoms with E-state index in [1.807, 2.05) is 0 Å². The second kappa shape index (κ2) is 7.66. The number of thiophene rings is 1. The molecule has 1 heterocycles. The number of rotatable bonds is 7. The summed E-state index contributed by atoms with van der Waals surface area (Å²) in [6.45, 7) is 4.60. The van der Waals surface area contributed by atoms with Crippen molar-refractivity contribution < 1.29 is 0 Å². The zero-order chi connectivity index (χ0) is 13.7. The maximum absolute atomic E-state index is 6.16. The molecule has 1 aromatic rings. The van der Waals surface area contributed by atoms with E-state index in [0.717, 1.165) is 4.34 Å². The van der Waals surface area contributed by atoms with Gasteiger partial charge in [-0.1, -0.05) is 44.2 Å². The molecule has 19 heavy (non-hydrogen) atoms. The zero-order valence-electron chi connectivity index (χ0n) is 12.2. The number of halogens is 1. The van der Waals surface area contributed by atoms with Crippen LogP contribution in [0.2, 0.25) is 4.34 Å². The summed E-state index contributed by atoms with van der Waals surface area (Å²) >= 11 is 7.93. The highest BCUT2D eigenvalue weighted by Gasteiger charge is 2.23. The molecule has 1 nitrogen and oxygen atoms in total. The maximum Gasteiger partial charge on any atom is 0.0934 e. The predicted octanol–water partition coefficient (Wildman–Crippen LogP) is 5.73. The Kier molecular flexibility index (Phi) is 6.18. The van der Waals surface area contributed by atoms with Gasteiger partial charge in [0.25, 0.3) is 0 Å². The van der Waals surface area contributed by atoms with Crippen LogP contribution in [-0.2, 0) is 6.42 Å². The molecule has 0 saturated heterocycles. The van der Waals surface area contributed by atoms with E-state index in [-0.39, 0.29) is 0 Å². The Hall–Kier alpha value is -0.0500. The van der Waals surface area contributed by atoms with Crippen molar-refractivity contribution in [3.63, 3.8) is 0 Å². The molecule has 0 bridgehead atoms. The lowest BCUT2D eigenvalue weighted by atomic mass is 9.93. The Bertz CT molecular complexity index is 388. The maximum atomic E-state index is 6.16. The highest BCUT2D eigenvalue weighted by atomic mass is 35.5. The van der Waals surface area contributed by atoms with Crippen molar-refractivity contribution >= 4 is 22.9 Å². The summed E-state index contributed by atoms with van der Waals surface area (Å²) < 4.78 is 0.953. The minimum atomic E-state index is 0.536. The minimum Gasteiger partial charge on any atom is -0.307 e. The minimum absolute atomic E-state index is 0.536. The Morgan fingerprint density at radius 1 is 1.42 bits per heavy atom. The van der Waals surface area contributed by atoms with Gasteiger partial charge in [-0.25, -0.2) is 0 Å². The first-order chi connectivity index (χ1) is 9.20. The van der Waals surface area contributed by atoms with E-state index in [9.17, 15) is 0 Å². The Balaban J connectivity index is 1.82. The second-order valence-corrected chi connectivity index (χ2v) is 7.56. The van der Waals surface area contributed by atoms with Gasteiger partial charge in [-0.15, -0.1) is 11.3 Å². The Labute approximate surface area is 126 Å². The first kappa shape index (κ1) is 15.3. The van der Waals surface area contributed by atoms with Gasteiger partial charge in [0.2, 0.25) is 0 Å². The standard InChI is InChI=1S/C16H26ClNS/c1-3-4-5-6-8-12(2)18-14-9-7-10-15-13(14)11-16(17)19-15/h11-12,14,18H,3-10H2,1-2H3. The number of nitrogens with one attached hydrogen (secondary N) is 1. The molecule has 0 aromatic carbocycles. The van der Waals surface area contributed by atoms with Crippen LogP contribution in [0.4, 0.5) is 0 Å². The molecule has 0 amide bonds. The molecule has 1 N–H and O–H groups in total. The number of fused-ring (bicyclic) bond motifs is 1. The molecular formula is C16H26ClNS. The largest absolute Gasteiger partial charge is 0.307 e. The van der Waals surface area contributed by atoms with Crippen molar-refractivity contribution in [2.45, 2.75) is 77.3 Å². The summed E-state index contributed by atoms with van der Waals surface area (Å²) in [6, 6.07) is 3.34. The summed E-state index contributed by atoms with van der Waals surface area (Å²) in [5.41, 5.74) is 1.47. The normalized spacial score (nSPS) is 20.3. The molecule has 0 spiro atoms. The van der Waals surface area contributed by atoms with E-state index in [4.69, 9.17) is 11.6 Å². The Morgan fingerprint density at radius 3 is 3.05 bits per heavy atom. The predicted molar refractivity (Wildman–Crippen MR) is 86.4 cm³/mol. The fourth-order valence-corrected chi connectivity index (χ4v) is 4.38. The summed E-state index contributed by atoms with van der Waals surface area (Å²) in [4.78, 5) is 1.51. The average molecular weight is 300 g/mol. The molecule has 1 aliphatic carbocycles. The lowest BCUT2D eigenvalue weighted by Crippen LogP contribution is -2.32. The van der Waals surface area contributed by atoms with Crippen molar-refractivity contribution in [1.82, 2.24) is 5.32 Å². The fourth-order valence-electron chi connectivity index (χ4n) is 3.00. The molecule has 1 aliphatic rings. The quantitative estimate of drug-likeness (QED) is 0.634. The van der Waals surface area contributed by atoms with Crippen LogP contribution in [-0.4, -0.2) is 6.04 Å². The number of unbranched alkanes of at least 4 members (excludes halogenated alkanes) is 3. The van der Waals surface area contributed by atoms with Crippen molar-refractivity contribution in [1.29, 1.82) is 0 Å². The van der Waals surface area contributed by atoms with E-state index >= 15 is 0 Å². The molecular weight excluding hydrogens is 274 g/mol. The molecule has 0 radical (unpaired) electrons. The first-order valence-corrected chi connectivity index (χ1v) is 8.94. The van der Waals surface area contributed by atoms with Crippen LogP contribution in [0.15, 0.2) is 6.07 Å². The van der Waals surface area contributed by atoms with E-state index in [1.165, 1.54) is 61.8 Å². The van der Waals surface area contributed by atoms with Crippen LogP contribution in [0, 0.1) is 0 Å². The third-order valence-electron chi connectivity index (χ3n) is 4.06. The van der Waals surface area contributed by atoms with E-state index in [2.05, 4.69) is 25.2 Å². The second-order valence-electron chi connectivity index (χ2n) is 5.79. The molecule has 2 atom stereocenters. The summed E-state index contributed by atoms with van der Waals surface area (Å²) in [6.07, 6.45) is 10.5. The first-order valence-electron chi connectivity index (χ1n) is 7.75. The smallest absolute Gasteiger partial charge is 0.0934 e. The topological polar surface area (TPSA) is 12.0 Å². The van der Waals surface area contributed by atoms with Gasteiger partial charge in [0.05, 0.1) is 4.34 Å². The van der Waals surface area contributed by atoms with Crippen LogP contribution in [0.1, 0.15) is 75.3 Å². The van der Waals surface area contributed by atoms with Gasteiger partial charge >= 0.3 is 0 Å². The summed E-state index contributed by atoms with van der Waals surface area (Å²) in [7, 11) is 0. The van der Waals surface area contributed by atoms with Crippen molar-refractivity contribution in [2.75, 3.05) is 0 Å². The van der Waals surface area contributed by atoms with Gasteiger partial charge in [0.15, 0.2) is 0 Å². The highest BCUT2D eigenvalue weighted by Crippen LogP contribution is 2.38. The van der Waals surface area contributed by atoms with E-state index < -0.39 is 0 Å². The third-order valence-corrected chi connectivity index (χ3v) is 5.40. The number of hydrogen-bond acceptors (Lipinski definition) is 2. The SMILES string of the molecule is CCCCCCC(C)NC1CCCc2sc(Cl)cc21. The van der Waals surface area contributed by atoms with Crippen LogP contribution in [0.25, 0.3) is 0 Å². The third kappa shape index (κ3) is 4.47. The molecule has 0 saturated carbocycles. The van der Waals surface area contributed by atoms with Crippen molar-refractivity contribution in [3.8, 4) is 0 Å². The fraction of sp³-hybridized carbons (Fsp3) is 0.750. The van der Waals surface area contributed by atoms with Gasteiger partial charge in [-0.3, -0.25) is 0 Å². The van der Waals surface area contributed by atoms with Crippen LogP contribution >= 0.6 is 22.9 Å². The van der Waals surface area contributed by atoms with Crippen LogP contribution in [0.3, 0.4) is 0 Å². The van der Waals surface area contributed by atoms with Crippen LogP contribution < -0.4 is 5.32 Å². The molecule has 2 rings (SSSR count). The van der Waals surface area contributed by atoms with Crippen molar-refractivity contribution in [2.24, 2.45) is 0 Å². The van der Waals surface area contributed by atoms with E-state index in [0.29, 0.717) is 12.1 Å². The van der Waals surface area contributed by atoms with Crippen molar-refractivity contribution in [3.05, 3.63) is 20.8 Å². The van der Waals surface area contributed by atoms with Gasteiger partial charge in [0.1, 0.15) is 0 Å². The molecule has 2 unspecified atom stereocenters. The number of aryl methyl sites for hydroxylation is 1. The molecule has 1 aromatic heterocycles. The number of hydrogen-bond donors (Lipinski definition) is 1. The van der Waals surface area contributed by atoms with Gasteiger partial charge in [-0.05, 0) is 44.2 Å². The van der Waals surface area contributed by atoms with E-state index in [1.54, 1.807) is 11.3 Å². The van der Waals surface area contributed by atoms with Gasteiger partial charge in [-0.2, -0.15) is 0 Å². The van der Waals surface area contributed by atoms with Gasteiger partial charge in [0, 0.05) is 17.0 Å². The van der Waals surface area contributed by atoms with Crippen LogP contribution in [0.5, 0.6) is 0 Å². The summed E-state index contributed by atoms with van der Waals surface area (Å²) in [5, 5.41) is 3.81. The van der Waals surface area contributed by atoms with Gasteiger partial charge < -0.3 is 5.32 Å². The molecule has 108 valence electrons. The lowest BCUT2D eigenvalue weighted by molar-refractivity contribution is 0.388. The molecule has 3 heteroatoms. The molecule has 0 aliphatic heterocycles. The monoisotopic (exact) mass is 299 g/mol. The zero-order valence-corrected chi connectivity index (χ0v) is 13.7. The highest BCUT2D eigenvalue weighted by molar-refractivity contribution is 7.16. The molecule has 0 fully saturated rings.